The Labute approximate surface area is 153 Å². The number of allylic oxidation sites excluding steroid dienone is 2. The smallest absolute Gasteiger partial charge is 0.189 e. The summed E-state index contributed by atoms with van der Waals surface area (Å²) in [6, 6.07) is 5.80. The number of hydrogen-bond donors (Lipinski definition) is 0. The Bertz CT molecular complexity index is 712. The van der Waals surface area contributed by atoms with Crippen molar-refractivity contribution < 1.29 is 19.0 Å². The molecule has 0 spiro atoms. The molecule has 1 unspecified atom stereocenters. The molecule has 3 atom stereocenters. The summed E-state index contributed by atoms with van der Waals surface area (Å²) in [6.45, 7) is 6.08. The third-order valence-corrected chi connectivity index (χ3v) is 5.47. The summed E-state index contributed by atoms with van der Waals surface area (Å²) >= 11 is 6.24. The molecule has 0 aromatic heterocycles. The third-order valence-electron chi connectivity index (χ3n) is 5.18. The predicted octanol–water partition coefficient (Wildman–Crippen LogP) is 4.32. The Balaban J connectivity index is 1.85. The summed E-state index contributed by atoms with van der Waals surface area (Å²) in [5.74, 6) is 1.43. The maximum atomic E-state index is 12.3. The Morgan fingerprint density at radius 2 is 2.32 bits per heavy atom. The van der Waals surface area contributed by atoms with Gasteiger partial charge >= 0.3 is 0 Å². The largest absolute Gasteiger partial charge is 0.495 e. The monoisotopic (exact) mass is 362 g/mol. The Morgan fingerprint density at radius 1 is 1.52 bits per heavy atom. The minimum absolute atomic E-state index is 0.0933. The van der Waals surface area contributed by atoms with Crippen molar-refractivity contribution in [2.45, 2.75) is 31.8 Å². The topological polar surface area (TPSA) is 44.8 Å². The van der Waals surface area contributed by atoms with E-state index in [1.807, 2.05) is 18.2 Å². The molecule has 4 nitrogen and oxygen atoms in total. The first-order chi connectivity index (χ1) is 12.0. The number of ether oxygens (including phenoxy) is 3. The number of benzene rings is 1. The van der Waals surface area contributed by atoms with Crippen LogP contribution in [-0.4, -0.2) is 25.3 Å². The molecule has 1 saturated heterocycles. The van der Waals surface area contributed by atoms with Crippen LogP contribution in [0.1, 0.15) is 25.3 Å². The number of carbonyl (C=O) groups is 1. The van der Waals surface area contributed by atoms with Crippen LogP contribution in [0.15, 0.2) is 42.7 Å². The molecule has 0 bridgehead atoms. The van der Waals surface area contributed by atoms with Gasteiger partial charge in [-0.15, -0.1) is 6.58 Å². The maximum Gasteiger partial charge on any atom is 0.189 e. The molecular formula is C20H23ClO4. The van der Waals surface area contributed by atoms with Crippen LogP contribution >= 0.6 is 11.6 Å². The second-order valence-electron chi connectivity index (χ2n) is 6.71. The summed E-state index contributed by atoms with van der Waals surface area (Å²) in [5.41, 5.74) is 0.535. The van der Waals surface area contributed by atoms with Crippen LogP contribution in [0.3, 0.4) is 0 Å². The maximum absolute atomic E-state index is 12.3. The van der Waals surface area contributed by atoms with Gasteiger partial charge in [0.2, 0.25) is 0 Å². The first-order valence-electron chi connectivity index (χ1n) is 8.46. The van der Waals surface area contributed by atoms with Gasteiger partial charge in [-0.2, -0.15) is 0 Å². The quantitative estimate of drug-likeness (QED) is 0.707. The highest BCUT2D eigenvalue weighted by Gasteiger charge is 2.51. The molecule has 1 aliphatic carbocycles. The first-order valence-corrected chi connectivity index (χ1v) is 8.84. The normalized spacial score (nSPS) is 26.4. The van der Waals surface area contributed by atoms with Crippen molar-refractivity contribution in [2.75, 3.05) is 13.9 Å². The number of halogens is 1. The van der Waals surface area contributed by atoms with Crippen LogP contribution in [0.5, 0.6) is 5.75 Å². The van der Waals surface area contributed by atoms with Gasteiger partial charge in [0.15, 0.2) is 12.6 Å². The second kappa shape index (κ2) is 7.22. The van der Waals surface area contributed by atoms with E-state index in [2.05, 4.69) is 13.5 Å². The summed E-state index contributed by atoms with van der Waals surface area (Å²) < 4.78 is 16.9. The van der Waals surface area contributed by atoms with E-state index in [-0.39, 0.29) is 24.4 Å². The number of hydrogen-bond acceptors (Lipinski definition) is 4. The molecular weight excluding hydrogens is 340 g/mol. The van der Waals surface area contributed by atoms with Crippen molar-refractivity contribution in [2.24, 2.45) is 11.8 Å². The zero-order chi connectivity index (χ0) is 18.0. The Hall–Kier alpha value is -1.78. The fourth-order valence-corrected chi connectivity index (χ4v) is 4.05. The minimum atomic E-state index is -0.562. The fraction of sp³-hybridized carbons (Fsp3) is 0.450. The van der Waals surface area contributed by atoms with Crippen molar-refractivity contribution in [3.05, 3.63) is 53.3 Å². The molecule has 134 valence electrons. The van der Waals surface area contributed by atoms with Gasteiger partial charge in [0.05, 0.1) is 12.1 Å². The van der Waals surface area contributed by atoms with Crippen LogP contribution in [0.4, 0.5) is 0 Å². The molecule has 0 amide bonds. The molecule has 5 heteroatoms. The molecule has 1 aliphatic heterocycles. The number of methoxy groups -OCH3 is 1. The van der Waals surface area contributed by atoms with Crippen LogP contribution in [-0.2, 0) is 20.7 Å². The summed E-state index contributed by atoms with van der Waals surface area (Å²) in [7, 11) is 1.60. The molecule has 0 N–H and O–H groups in total. The summed E-state index contributed by atoms with van der Waals surface area (Å²) in [5, 5.41) is 0.590. The summed E-state index contributed by atoms with van der Waals surface area (Å²) in [4.78, 5) is 12.3. The Morgan fingerprint density at radius 3 is 3.00 bits per heavy atom. The van der Waals surface area contributed by atoms with Gasteiger partial charge in [0.25, 0.3) is 0 Å². The van der Waals surface area contributed by atoms with Crippen molar-refractivity contribution >= 4 is 17.4 Å². The lowest BCUT2D eigenvalue weighted by atomic mass is 9.71. The van der Waals surface area contributed by atoms with Crippen LogP contribution in [0, 0.1) is 11.8 Å². The number of rotatable bonds is 6. The van der Waals surface area contributed by atoms with E-state index in [4.69, 9.17) is 25.8 Å². The Kier molecular flexibility index (Phi) is 5.21. The van der Waals surface area contributed by atoms with E-state index < -0.39 is 5.60 Å². The van der Waals surface area contributed by atoms with E-state index in [0.29, 0.717) is 29.4 Å². The van der Waals surface area contributed by atoms with Gasteiger partial charge in [0.1, 0.15) is 17.1 Å². The predicted molar refractivity (Wildman–Crippen MR) is 96.7 cm³/mol. The van der Waals surface area contributed by atoms with Gasteiger partial charge in [-0.25, -0.2) is 0 Å². The number of ketones is 1. The SMILES string of the molecule is C=CC[C@H]1C[C@]2(C(C)Cc3ccc(OC)c(Cl)c3)OCOC2=CC1=O. The second-order valence-corrected chi connectivity index (χ2v) is 7.11. The van der Waals surface area contributed by atoms with E-state index in [9.17, 15) is 4.79 Å². The summed E-state index contributed by atoms with van der Waals surface area (Å²) in [6.07, 6.45) is 5.43. The van der Waals surface area contributed by atoms with Gasteiger partial charge in [-0.1, -0.05) is 30.7 Å². The van der Waals surface area contributed by atoms with E-state index in [1.165, 1.54) is 0 Å². The van der Waals surface area contributed by atoms with E-state index in [1.54, 1.807) is 19.3 Å². The zero-order valence-electron chi connectivity index (χ0n) is 14.6. The van der Waals surface area contributed by atoms with Gasteiger partial charge in [0, 0.05) is 12.0 Å². The van der Waals surface area contributed by atoms with Crippen LogP contribution < -0.4 is 4.74 Å². The van der Waals surface area contributed by atoms with Gasteiger partial charge in [-0.05, 0) is 42.9 Å². The van der Waals surface area contributed by atoms with E-state index >= 15 is 0 Å². The highest BCUT2D eigenvalue weighted by atomic mass is 35.5. The third kappa shape index (κ3) is 3.33. The van der Waals surface area contributed by atoms with Crippen LogP contribution in [0.2, 0.25) is 5.02 Å². The number of carbonyl (C=O) groups excluding carboxylic acids is 1. The molecule has 3 rings (SSSR count). The molecule has 1 aromatic rings. The standard InChI is InChI=1S/C20H23ClO4/c1-4-5-15-11-20(19(10-17(15)22)24-12-25-20)13(2)8-14-6-7-18(23-3)16(21)9-14/h4,6-7,9-10,13,15H,1,5,8,11-12H2,2-3H3/t13?,15-,20+/m0/s1. The number of fused-ring (bicyclic) bond motifs is 1. The molecule has 0 saturated carbocycles. The lowest BCUT2D eigenvalue weighted by molar-refractivity contribution is -0.123. The molecule has 2 aliphatic rings. The van der Waals surface area contributed by atoms with Gasteiger partial charge in [-0.3, -0.25) is 4.79 Å². The van der Waals surface area contributed by atoms with Gasteiger partial charge < -0.3 is 14.2 Å². The molecule has 1 fully saturated rings. The lowest BCUT2D eigenvalue weighted by Crippen LogP contribution is -2.44. The van der Waals surface area contributed by atoms with Crippen molar-refractivity contribution in [1.82, 2.24) is 0 Å². The molecule has 1 heterocycles. The first kappa shape index (κ1) is 18.0. The fourth-order valence-electron chi connectivity index (χ4n) is 3.77. The van der Waals surface area contributed by atoms with Crippen molar-refractivity contribution in [3.8, 4) is 5.75 Å². The average molecular weight is 363 g/mol. The average Bonchev–Trinajstić information content (AvgIpc) is 2.99. The minimum Gasteiger partial charge on any atom is -0.495 e. The molecule has 25 heavy (non-hydrogen) atoms. The molecule has 0 radical (unpaired) electrons. The lowest BCUT2D eigenvalue weighted by Gasteiger charge is -2.38. The highest BCUT2D eigenvalue weighted by molar-refractivity contribution is 6.32. The molecule has 1 aromatic carbocycles. The zero-order valence-corrected chi connectivity index (χ0v) is 15.3. The van der Waals surface area contributed by atoms with Crippen molar-refractivity contribution in [3.63, 3.8) is 0 Å². The van der Waals surface area contributed by atoms with Crippen molar-refractivity contribution in [1.29, 1.82) is 0 Å². The van der Waals surface area contributed by atoms with Crippen LogP contribution in [0.25, 0.3) is 0 Å². The highest BCUT2D eigenvalue weighted by Crippen LogP contribution is 2.46. The van der Waals surface area contributed by atoms with E-state index in [0.717, 1.165) is 12.0 Å².